The summed E-state index contributed by atoms with van der Waals surface area (Å²) in [4.78, 5) is 2.48. The molecule has 1 aliphatic heterocycles. The maximum atomic E-state index is 5.59. The number of thiocarbonyl (C=S) groups is 1. The molecule has 0 amide bonds. The molecule has 3 rings (SSSR count). The van der Waals surface area contributed by atoms with E-state index in [1.54, 1.807) is 11.8 Å². The zero-order valence-electron chi connectivity index (χ0n) is 14.7. The second kappa shape index (κ2) is 8.70. The van der Waals surface area contributed by atoms with Crippen LogP contribution in [0.4, 0.5) is 5.69 Å². The van der Waals surface area contributed by atoms with Gasteiger partial charge in [-0.15, -0.1) is 0 Å². The Morgan fingerprint density at radius 2 is 1.88 bits per heavy atom. The van der Waals surface area contributed by atoms with Gasteiger partial charge in [0.15, 0.2) is 5.11 Å². The first kappa shape index (κ1) is 18.2. The third kappa shape index (κ3) is 5.46. The van der Waals surface area contributed by atoms with E-state index in [1.165, 1.54) is 20.9 Å². The van der Waals surface area contributed by atoms with Gasteiger partial charge >= 0.3 is 0 Å². The molecule has 1 atom stereocenters. The molecule has 5 heteroatoms. The lowest BCUT2D eigenvalue weighted by atomic mass is 10.1. The Hall–Kier alpha value is -1.56. The first-order chi connectivity index (χ1) is 12.1. The van der Waals surface area contributed by atoms with E-state index in [2.05, 4.69) is 66.9 Å². The first-order valence-corrected chi connectivity index (χ1v) is 9.84. The number of nitrogens with one attached hydrogen (secondary N) is 2. The Bertz CT molecular complexity index is 725. The molecule has 0 spiro atoms. The average molecular weight is 373 g/mol. The fourth-order valence-corrected chi connectivity index (χ4v) is 3.82. The molecule has 2 aromatic rings. The third-order valence-electron chi connectivity index (χ3n) is 4.34. The normalized spacial score (nSPS) is 16.6. The standard InChI is InChI=1S/C20H24N2OS2/c1-14-5-8-19(12-15(14)2)25-18-9-6-16(7-10-18)22-20(24)21-13-17-4-3-11-23-17/h5-10,12,17H,3-4,11,13H2,1-2H3,(H2,21,22,24)/t17-/m1/s1. The molecule has 0 bridgehead atoms. The minimum atomic E-state index is 0.288. The molecule has 1 saturated heterocycles. The highest BCUT2D eigenvalue weighted by molar-refractivity contribution is 7.99. The fourth-order valence-electron chi connectivity index (χ4n) is 2.71. The van der Waals surface area contributed by atoms with Crippen LogP contribution in [0, 0.1) is 13.8 Å². The van der Waals surface area contributed by atoms with Crippen molar-refractivity contribution < 1.29 is 4.74 Å². The number of anilines is 1. The molecule has 0 radical (unpaired) electrons. The van der Waals surface area contributed by atoms with Crippen molar-refractivity contribution in [1.29, 1.82) is 0 Å². The maximum absolute atomic E-state index is 5.59. The molecule has 2 aromatic carbocycles. The van der Waals surface area contributed by atoms with Crippen LogP contribution < -0.4 is 10.6 Å². The quantitative estimate of drug-likeness (QED) is 0.728. The van der Waals surface area contributed by atoms with Crippen molar-refractivity contribution in [2.75, 3.05) is 18.5 Å². The summed E-state index contributed by atoms with van der Waals surface area (Å²) in [6, 6.07) is 14.9. The summed E-state index contributed by atoms with van der Waals surface area (Å²) >= 11 is 7.12. The summed E-state index contributed by atoms with van der Waals surface area (Å²) in [5.74, 6) is 0. The highest BCUT2D eigenvalue weighted by Crippen LogP contribution is 2.29. The van der Waals surface area contributed by atoms with Crippen molar-refractivity contribution in [1.82, 2.24) is 5.32 Å². The molecular formula is C20H24N2OS2. The maximum Gasteiger partial charge on any atom is 0.170 e. The van der Waals surface area contributed by atoms with Crippen LogP contribution in [0.5, 0.6) is 0 Å². The first-order valence-electron chi connectivity index (χ1n) is 8.62. The number of hydrogen-bond acceptors (Lipinski definition) is 3. The van der Waals surface area contributed by atoms with E-state index in [1.807, 2.05) is 0 Å². The zero-order valence-corrected chi connectivity index (χ0v) is 16.3. The van der Waals surface area contributed by atoms with Crippen LogP contribution in [-0.4, -0.2) is 24.4 Å². The van der Waals surface area contributed by atoms with Crippen molar-refractivity contribution in [2.24, 2.45) is 0 Å². The number of aryl methyl sites for hydroxylation is 2. The Kier molecular flexibility index (Phi) is 6.34. The van der Waals surface area contributed by atoms with Gasteiger partial charge in [-0.25, -0.2) is 0 Å². The van der Waals surface area contributed by atoms with E-state index < -0.39 is 0 Å². The van der Waals surface area contributed by atoms with Crippen molar-refractivity contribution in [3.05, 3.63) is 53.6 Å². The minimum Gasteiger partial charge on any atom is -0.376 e. The molecule has 0 unspecified atom stereocenters. The average Bonchev–Trinajstić information content (AvgIpc) is 3.12. The Labute approximate surface area is 159 Å². The van der Waals surface area contributed by atoms with Crippen molar-refractivity contribution in [2.45, 2.75) is 42.6 Å². The van der Waals surface area contributed by atoms with Gasteiger partial charge in [-0.3, -0.25) is 0 Å². The molecule has 1 heterocycles. The molecule has 0 saturated carbocycles. The Balaban J connectivity index is 1.50. The van der Waals surface area contributed by atoms with Gasteiger partial charge in [-0.2, -0.15) is 0 Å². The van der Waals surface area contributed by atoms with Crippen LogP contribution in [-0.2, 0) is 4.74 Å². The van der Waals surface area contributed by atoms with Gasteiger partial charge in [-0.05, 0) is 86.4 Å². The van der Waals surface area contributed by atoms with E-state index in [4.69, 9.17) is 17.0 Å². The van der Waals surface area contributed by atoms with Crippen LogP contribution in [0.25, 0.3) is 0 Å². The van der Waals surface area contributed by atoms with Crippen LogP contribution in [0.3, 0.4) is 0 Å². The lowest BCUT2D eigenvalue weighted by Crippen LogP contribution is -2.34. The molecule has 3 nitrogen and oxygen atoms in total. The largest absolute Gasteiger partial charge is 0.376 e. The van der Waals surface area contributed by atoms with Crippen LogP contribution in [0.1, 0.15) is 24.0 Å². The smallest absolute Gasteiger partial charge is 0.170 e. The number of benzene rings is 2. The third-order valence-corrected chi connectivity index (χ3v) is 5.58. The minimum absolute atomic E-state index is 0.288. The molecule has 0 aliphatic carbocycles. The lowest BCUT2D eigenvalue weighted by molar-refractivity contribution is 0.114. The predicted octanol–water partition coefficient (Wildman–Crippen LogP) is 4.92. The number of ether oxygens (including phenoxy) is 1. The SMILES string of the molecule is Cc1ccc(Sc2ccc(NC(=S)NC[C@H]3CCCO3)cc2)cc1C. The molecule has 2 N–H and O–H groups in total. The second-order valence-corrected chi connectivity index (χ2v) is 7.90. The van der Waals surface area contributed by atoms with Crippen molar-refractivity contribution in [3.8, 4) is 0 Å². The predicted molar refractivity (Wildman–Crippen MR) is 110 cm³/mol. The van der Waals surface area contributed by atoms with Crippen molar-refractivity contribution >= 4 is 34.8 Å². The fraction of sp³-hybridized carbons (Fsp3) is 0.350. The molecule has 25 heavy (non-hydrogen) atoms. The van der Waals surface area contributed by atoms with E-state index in [-0.39, 0.29) is 6.10 Å². The van der Waals surface area contributed by atoms with Gasteiger partial charge in [0, 0.05) is 28.6 Å². The zero-order chi connectivity index (χ0) is 17.6. The molecular weight excluding hydrogens is 348 g/mol. The Morgan fingerprint density at radius 3 is 2.56 bits per heavy atom. The molecule has 1 aliphatic rings. The Morgan fingerprint density at radius 1 is 1.12 bits per heavy atom. The van der Waals surface area contributed by atoms with Gasteiger partial charge in [0.1, 0.15) is 0 Å². The summed E-state index contributed by atoms with van der Waals surface area (Å²) in [6.45, 7) is 5.93. The van der Waals surface area contributed by atoms with E-state index in [0.29, 0.717) is 5.11 Å². The summed E-state index contributed by atoms with van der Waals surface area (Å²) in [6.07, 6.45) is 2.54. The van der Waals surface area contributed by atoms with Gasteiger partial charge in [0.25, 0.3) is 0 Å². The highest BCUT2D eigenvalue weighted by atomic mass is 32.2. The summed E-state index contributed by atoms with van der Waals surface area (Å²) in [5, 5.41) is 7.10. The monoisotopic (exact) mass is 372 g/mol. The van der Waals surface area contributed by atoms with Gasteiger partial charge in [0.05, 0.1) is 6.10 Å². The highest BCUT2D eigenvalue weighted by Gasteiger charge is 2.15. The summed E-state index contributed by atoms with van der Waals surface area (Å²) in [7, 11) is 0. The summed E-state index contributed by atoms with van der Waals surface area (Å²) in [5.41, 5.74) is 3.65. The van der Waals surface area contributed by atoms with Gasteiger partial charge in [-0.1, -0.05) is 17.8 Å². The van der Waals surface area contributed by atoms with Gasteiger partial charge in [0.2, 0.25) is 0 Å². The van der Waals surface area contributed by atoms with Crippen LogP contribution in [0.2, 0.25) is 0 Å². The van der Waals surface area contributed by atoms with Crippen LogP contribution >= 0.6 is 24.0 Å². The molecule has 0 aromatic heterocycles. The van der Waals surface area contributed by atoms with E-state index in [9.17, 15) is 0 Å². The van der Waals surface area contributed by atoms with Crippen LogP contribution in [0.15, 0.2) is 52.3 Å². The van der Waals surface area contributed by atoms with Crippen molar-refractivity contribution in [3.63, 3.8) is 0 Å². The molecule has 132 valence electrons. The summed E-state index contributed by atoms with van der Waals surface area (Å²) < 4.78 is 5.59. The van der Waals surface area contributed by atoms with Gasteiger partial charge < -0.3 is 15.4 Å². The number of rotatable bonds is 5. The number of hydrogen-bond donors (Lipinski definition) is 2. The molecule has 1 fully saturated rings. The van der Waals surface area contributed by atoms with E-state index >= 15 is 0 Å². The topological polar surface area (TPSA) is 33.3 Å². The lowest BCUT2D eigenvalue weighted by Gasteiger charge is -2.14. The second-order valence-electron chi connectivity index (χ2n) is 6.34. The van der Waals surface area contributed by atoms with E-state index in [0.717, 1.165) is 31.7 Å².